The fourth-order valence-corrected chi connectivity index (χ4v) is 2.89. The molecule has 3 rings (SSSR count). The van der Waals surface area contributed by atoms with Crippen molar-refractivity contribution < 1.29 is 13.9 Å². The lowest BCUT2D eigenvalue weighted by molar-refractivity contribution is -0.147. The molecule has 2 heterocycles. The Bertz CT molecular complexity index is 613. The van der Waals surface area contributed by atoms with E-state index in [9.17, 15) is 4.79 Å². The lowest BCUT2D eigenvalue weighted by Crippen LogP contribution is -2.49. The first-order valence-electron chi connectivity index (χ1n) is 7.82. The number of carbonyl (C=O) groups is 1. The second kappa shape index (κ2) is 6.50. The van der Waals surface area contributed by atoms with Crippen LogP contribution in [0.25, 0.3) is 11.0 Å². The van der Waals surface area contributed by atoms with E-state index in [0.717, 1.165) is 23.3 Å². The largest absolute Gasteiger partial charge is 0.459 e. The molecule has 22 heavy (non-hydrogen) atoms. The Kier molecular flexibility index (Phi) is 4.45. The van der Waals surface area contributed by atoms with Crippen LogP contribution in [0.4, 0.5) is 0 Å². The molecule has 0 bridgehead atoms. The highest BCUT2D eigenvalue weighted by molar-refractivity contribution is 5.82. The van der Waals surface area contributed by atoms with E-state index in [0.29, 0.717) is 19.7 Å². The molecule has 1 fully saturated rings. The molecule has 2 unspecified atom stereocenters. The molecule has 0 saturated carbocycles. The van der Waals surface area contributed by atoms with Crippen molar-refractivity contribution in [2.75, 3.05) is 26.2 Å². The molecule has 1 aromatic carbocycles. The lowest BCUT2D eigenvalue weighted by atomic mass is 10.1. The third kappa shape index (κ3) is 2.87. The van der Waals surface area contributed by atoms with Crippen LogP contribution in [0.1, 0.15) is 25.6 Å². The van der Waals surface area contributed by atoms with E-state index in [4.69, 9.17) is 9.15 Å². The van der Waals surface area contributed by atoms with Gasteiger partial charge < -0.3 is 19.4 Å². The predicted octanol–water partition coefficient (Wildman–Crippen LogP) is 2.33. The second-order valence-electron chi connectivity index (χ2n) is 5.55. The highest BCUT2D eigenvalue weighted by atomic mass is 16.5. The van der Waals surface area contributed by atoms with Crippen LogP contribution in [0.2, 0.25) is 0 Å². The number of furan rings is 1. The van der Waals surface area contributed by atoms with Crippen molar-refractivity contribution in [1.29, 1.82) is 0 Å². The number of ether oxygens (including phenoxy) is 1. The normalized spacial score (nSPS) is 20.0. The van der Waals surface area contributed by atoms with Gasteiger partial charge in [-0.2, -0.15) is 0 Å². The van der Waals surface area contributed by atoms with Crippen LogP contribution >= 0.6 is 0 Å². The summed E-state index contributed by atoms with van der Waals surface area (Å²) in [6, 6.07) is 9.78. The fraction of sp³-hybridized carbons (Fsp3) is 0.471. The Labute approximate surface area is 130 Å². The van der Waals surface area contributed by atoms with Crippen molar-refractivity contribution in [2.24, 2.45) is 0 Å². The molecule has 1 aliphatic rings. The minimum absolute atomic E-state index is 0.0163. The van der Waals surface area contributed by atoms with Gasteiger partial charge in [0, 0.05) is 25.0 Å². The van der Waals surface area contributed by atoms with Crippen molar-refractivity contribution in [3.05, 3.63) is 36.1 Å². The van der Waals surface area contributed by atoms with Gasteiger partial charge in [0.25, 0.3) is 5.91 Å². The molecule has 1 aliphatic heterocycles. The first-order chi connectivity index (χ1) is 10.7. The summed E-state index contributed by atoms with van der Waals surface area (Å²) in [5.74, 6) is 0.822. The highest BCUT2D eigenvalue weighted by Gasteiger charge is 2.30. The van der Waals surface area contributed by atoms with Crippen LogP contribution in [0.15, 0.2) is 34.7 Å². The number of likely N-dealkylation sites (N-methyl/N-ethyl adjacent to an activating group) is 1. The number of rotatable bonds is 4. The zero-order valence-electron chi connectivity index (χ0n) is 13.0. The topological polar surface area (TPSA) is 54.7 Å². The predicted molar refractivity (Wildman–Crippen MR) is 84.6 cm³/mol. The van der Waals surface area contributed by atoms with Crippen LogP contribution in [-0.2, 0) is 9.53 Å². The van der Waals surface area contributed by atoms with Crippen molar-refractivity contribution in [3.63, 3.8) is 0 Å². The standard InChI is InChI=1S/C17H22N2O3/c1-3-19(17(20)16-11-18-8-9-21-16)12(2)15-10-13-6-4-5-7-14(13)22-15/h4-7,10,12,16,18H,3,8-9,11H2,1-2H3. The van der Waals surface area contributed by atoms with Gasteiger partial charge >= 0.3 is 0 Å². The maximum absolute atomic E-state index is 12.7. The van der Waals surface area contributed by atoms with Crippen LogP contribution in [0, 0.1) is 0 Å². The summed E-state index contributed by atoms with van der Waals surface area (Å²) >= 11 is 0. The van der Waals surface area contributed by atoms with Gasteiger partial charge in [0.1, 0.15) is 17.4 Å². The smallest absolute Gasteiger partial charge is 0.253 e. The summed E-state index contributed by atoms with van der Waals surface area (Å²) in [5.41, 5.74) is 0.850. The van der Waals surface area contributed by atoms with E-state index < -0.39 is 6.10 Å². The molecule has 1 N–H and O–H groups in total. The molecule has 1 amide bonds. The first-order valence-corrected chi connectivity index (χ1v) is 7.82. The SMILES string of the molecule is CCN(C(=O)C1CNCCO1)C(C)c1cc2ccccc2o1. The number of nitrogens with zero attached hydrogens (tertiary/aromatic N) is 1. The van der Waals surface area contributed by atoms with Crippen molar-refractivity contribution in [1.82, 2.24) is 10.2 Å². The number of para-hydroxylation sites is 1. The van der Waals surface area contributed by atoms with Crippen LogP contribution in [0.3, 0.4) is 0 Å². The third-order valence-electron chi connectivity index (χ3n) is 4.15. The molecule has 2 aromatic rings. The molecule has 5 nitrogen and oxygen atoms in total. The summed E-state index contributed by atoms with van der Waals surface area (Å²) in [7, 11) is 0. The van der Waals surface area contributed by atoms with E-state index in [-0.39, 0.29) is 11.9 Å². The zero-order chi connectivity index (χ0) is 15.5. The number of amides is 1. The van der Waals surface area contributed by atoms with Gasteiger partial charge in [-0.25, -0.2) is 0 Å². The van der Waals surface area contributed by atoms with Gasteiger partial charge in [0.15, 0.2) is 0 Å². The number of hydrogen-bond acceptors (Lipinski definition) is 4. The maximum atomic E-state index is 12.7. The molecule has 2 atom stereocenters. The molecule has 0 aliphatic carbocycles. The Morgan fingerprint density at radius 2 is 2.27 bits per heavy atom. The molecule has 0 radical (unpaired) electrons. The van der Waals surface area contributed by atoms with Gasteiger partial charge in [-0.15, -0.1) is 0 Å². The van der Waals surface area contributed by atoms with Gasteiger partial charge in [-0.1, -0.05) is 18.2 Å². The Morgan fingerprint density at radius 1 is 1.45 bits per heavy atom. The molecule has 0 spiro atoms. The molecule has 1 saturated heterocycles. The van der Waals surface area contributed by atoms with Crippen LogP contribution < -0.4 is 5.32 Å². The minimum Gasteiger partial charge on any atom is -0.459 e. The summed E-state index contributed by atoms with van der Waals surface area (Å²) in [5, 5.41) is 4.26. The molecular formula is C17H22N2O3. The minimum atomic E-state index is -0.402. The Hall–Kier alpha value is -1.85. The van der Waals surface area contributed by atoms with E-state index in [1.165, 1.54) is 0 Å². The van der Waals surface area contributed by atoms with Gasteiger partial charge in [0.2, 0.25) is 0 Å². The Balaban J connectivity index is 1.80. The average molecular weight is 302 g/mol. The summed E-state index contributed by atoms with van der Waals surface area (Å²) in [6.07, 6.45) is -0.402. The molecule has 118 valence electrons. The first kappa shape index (κ1) is 15.1. The average Bonchev–Trinajstić information content (AvgIpc) is 3.00. The summed E-state index contributed by atoms with van der Waals surface area (Å²) in [6.45, 7) is 6.55. The number of hydrogen-bond donors (Lipinski definition) is 1. The Morgan fingerprint density at radius 3 is 2.95 bits per heavy atom. The summed E-state index contributed by atoms with van der Waals surface area (Å²) in [4.78, 5) is 14.5. The monoisotopic (exact) mass is 302 g/mol. The number of nitrogens with one attached hydrogen (secondary N) is 1. The summed E-state index contributed by atoms with van der Waals surface area (Å²) < 4.78 is 11.5. The fourth-order valence-electron chi connectivity index (χ4n) is 2.89. The van der Waals surface area contributed by atoms with E-state index in [2.05, 4.69) is 5.32 Å². The highest BCUT2D eigenvalue weighted by Crippen LogP contribution is 2.28. The van der Waals surface area contributed by atoms with Gasteiger partial charge in [-0.05, 0) is 26.0 Å². The van der Waals surface area contributed by atoms with Crippen LogP contribution in [0.5, 0.6) is 0 Å². The molecule has 5 heteroatoms. The number of benzene rings is 1. The number of morpholine rings is 1. The van der Waals surface area contributed by atoms with Crippen molar-refractivity contribution >= 4 is 16.9 Å². The quantitative estimate of drug-likeness (QED) is 0.942. The van der Waals surface area contributed by atoms with Gasteiger partial charge in [-0.3, -0.25) is 4.79 Å². The second-order valence-corrected chi connectivity index (χ2v) is 5.55. The molecular weight excluding hydrogens is 280 g/mol. The zero-order valence-corrected chi connectivity index (χ0v) is 13.0. The van der Waals surface area contributed by atoms with E-state index in [1.807, 2.05) is 49.1 Å². The molecule has 1 aromatic heterocycles. The number of fused-ring (bicyclic) bond motifs is 1. The number of carbonyl (C=O) groups excluding carboxylic acids is 1. The van der Waals surface area contributed by atoms with Crippen molar-refractivity contribution in [3.8, 4) is 0 Å². The lowest BCUT2D eigenvalue weighted by Gasteiger charge is -2.32. The maximum Gasteiger partial charge on any atom is 0.253 e. The third-order valence-corrected chi connectivity index (χ3v) is 4.15. The van der Waals surface area contributed by atoms with Gasteiger partial charge in [0.05, 0.1) is 12.6 Å². The van der Waals surface area contributed by atoms with Crippen LogP contribution in [-0.4, -0.2) is 43.2 Å². The van der Waals surface area contributed by atoms with Crippen molar-refractivity contribution in [2.45, 2.75) is 26.0 Å². The van der Waals surface area contributed by atoms with E-state index >= 15 is 0 Å². The van der Waals surface area contributed by atoms with E-state index in [1.54, 1.807) is 0 Å².